The van der Waals surface area contributed by atoms with E-state index in [9.17, 15) is 14.4 Å². The third-order valence-corrected chi connectivity index (χ3v) is 2.27. The van der Waals surface area contributed by atoms with Crippen LogP contribution in [0, 0.1) is 0 Å². The Balaban J connectivity index is 4.72. The lowest BCUT2D eigenvalue weighted by Gasteiger charge is -2.24. The SMILES string of the molecule is CC(C)(C)OC(=O)C[C@H](NC(=O)OC(C)(C)C)C(=O)CCl. The Bertz CT molecular complexity index is 365. The van der Waals surface area contributed by atoms with Crippen LogP contribution in [0.1, 0.15) is 48.0 Å². The molecular formula is C14H24ClNO5. The fourth-order valence-electron chi connectivity index (χ4n) is 1.34. The van der Waals surface area contributed by atoms with E-state index in [1.54, 1.807) is 41.5 Å². The average Bonchev–Trinajstić information content (AvgIpc) is 2.21. The van der Waals surface area contributed by atoms with Crippen LogP contribution in [0.4, 0.5) is 4.79 Å². The van der Waals surface area contributed by atoms with Crippen molar-refractivity contribution < 1.29 is 23.9 Å². The van der Waals surface area contributed by atoms with E-state index in [1.807, 2.05) is 0 Å². The number of ether oxygens (including phenoxy) is 2. The number of carbonyl (C=O) groups is 3. The normalized spacial score (nSPS) is 13.3. The minimum Gasteiger partial charge on any atom is -0.460 e. The summed E-state index contributed by atoms with van der Waals surface area (Å²) in [7, 11) is 0. The van der Waals surface area contributed by atoms with Gasteiger partial charge in [-0.2, -0.15) is 0 Å². The van der Waals surface area contributed by atoms with Gasteiger partial charge in [0.25, 0.3) is 0 Å². The molecule has 122 valence electrons. The molecule has 1 N–H and O–H groups in total. The van der Waals surface area contributed by atoms with Crippen molar-refractivity contribution in [1.82, 2.24) is 5.32 Å². The fourth-order valence-corrected chi connectivity index (χ4v) is 1.52. The van der Waals surface area contributed by atoms with Crippen molar-refractivity contribution in [2.24, 2.45) is 0 Å². The highest BCUT2D eigenvalue weighted by atomic mass is 35.5. The molecule has 0 radical (unpaired) electrons. The number of alkyl halides is 1. The van der Waals surface area contributed by atoms with Gasteiger partial charge in [-0.1, -0.05) is 0 Å². The molecule has 0 aromatic carbocycles. The lowest BCUT2D eigenvalue weighted by Crippen LogP contribution is -2.45. The second kappa shape index (κ2) is 7.64. The molecule has 0 aliphatic heterocycles. The fraction of sp³-hybridized carbons (Fsp3) is 0.786. The van der Waals surface area contributed by atoms with Crippen molar-refractivity contribution in [3.05, 3.63) is 0 Å². The van der Waals surface area contributed by atoms with Crippen LogP contribution in [-0.4, -0.2) is 41.0 Å². The predicted octanol–water partition coefficient (Wildman–Crippen LogP) is 2.42. The average molecular weight is 322 g/mol. The summed E-state index contributed by atoms with van der Waals surface area (Å²) in [5, 5.41) is 2.34. The molecule has 0 saturated heterocycles. The van der Waals surface area contributed by atoms with E-state index in [-0.39, 0.29) is 12.3 Å². The Morgan fingerprint density at radius 3 is 1.86 bits per heavy atom. The topological polar surface area (TPSA) is 81.7 Å². The monoisotopic (exact) mass is 321 g/mol. The molecule has 0 aliphatic rings. The highest BCUT2D eigenvalue weighted by Crippen LogP contribution is 2.11. The number of Topliss-reactive ketones (excluding diaryl/α,β-unsaturated/α-hetero) is 1. The van der Waals surface area contributed by atoms with Gasteiger partial charge in [0.15, 0.2) is 5.78 Å². The van der Waals surface area contributed by atoms with Gasteiger partial charge in [0.05, 0.1) is 12.3 Å². The first-order valence-corrected chi connectivity index (χ1v) is 7.17. The van der Waals surface area contributed by atoms with E-state index in [4.69, 9.17) is 21.1 Å². The highest BCUT2D eigenvalue weighted by Gasteiger charge is 2.28. The van der Waals surface area contributed by atoms with Crippen LogP contribution in [0.5, 0.6) is 0 Å². The van der Waals surface area contributed by atoms with Crippen molar-refractivity contribution in [3.8, 4) is 0 Å². The molecule has 0 saturated carbocycles. The summed E-state index contributed by atoms with van der Waals surface area (Å²) in [6.07, 6.45) is -1.07. The van der Waals surface area contributed by atoms with Crippen LogP contribution in [0.2, 0.25) is 0 Å². The number of halogens is 1. The summed E-state index contributed by atoms with van der Waals surface area (Å²) >= 11 is 5.49. The lowest BCUT2D eigenvalue weighted by atomic mass is 10.1. The quantitative estimate of drug-likeness (QED) is 0.621. The summed E-state index contributed by atoms with van der Waals surface area (Å²) in [6, 6.07) is -1.06. The molecule has 0 aromatic heterocycles. The van der Waals surface area contributed by atoms with Crippen molar-refractivity contribution in [2.75, 3.05) is 5.88 Å². The second-order valence-electron chi connectivity index (χ2n) is 6.59. The van der Waals surface area contributed by atoms with Gasteiger partial charge in [0, 0.05) is 0 Å². The molecule has 0 heterocycles. The van der Waals surface area contributed by atoms with E-state index in [1.165, 1.54) is 0 Å². The number of amides is 1. The Hall–Kier alpha value is -1.30. The Labute approximate surface area is 130 Å². The van der Waals surface area contributed by atoms with Gasteiger partial charge in [0.2, 0.25) is 0 Å². The minimum atomic E-state index is -1.06. The van der Waals surface area contributed by atoms with Crippen LogP contribution in [-0.2, 0) is 19.1 Å². The molecule has 1 atom stereocenters. The summed E-state index contributed by atoms with van der Waals surface area (Å²) in [5.41, 5.74) is -1.37. The highest BCUT2D eigenvalue weighted by molar-refractivity contribution is 6.28. The van der Waals surface area contributed by atoms with E-state index in [2.05, 4.69) is 5.32 Å². The molecule has 0 rings (SSSR count). The molecular weight excluding hydrogens is 298 g/mol. The molecule has 0 spiro atoms. The maximum atomic E-state index is 11.7. The van der Waals surface area contributed by atoms with Crippen LogP contribution in [0.3, 0.4) is 0 Å². The first-order valence-electron chi connectivity index (χ1n) is 6.64. The van der Waals surface area contributed by atoms with Gasteiger partial charge in [-0.25, -0.2) is 4.79 Å². The molecule has 0 unspecified atom stereocenters. The van der Waals surface area contributed by atoms with Gasteiger partial charge in [-0.15, -0.1) is 11.6 Å². The van der Waals surface area contributed by atoms with Gasteiger partial charge < -0.3 is 14.8 Å². The molecule has 0 aromatic rings. The van der Waals surface area contributed by atoms with Gasteiger partial charge in [0.1, 0.15) is 17.2 Å². The van der Waals surface area contributed by atoms with Crippen LogP contribution >= 0.6 is 11.6 Å². The maximum absolute atomic E-state index is 11.7. The second-order valence-corrected chi connectivity index (χ2v) is 6.86. The summed E-state index contributed by atoms with van der Waals surface area (Å²) in [4.78, 5) is 35.1. The number of hydrogen-bond acceptors (Lipinski definition) is 5. The van der Waals surface area contributed by atoms with Crippen molar-refractivity contribution in [2.45, 2.75) is 65.2 Å². The van der Waals surface area contributed by atoms with E-state index in [0.29, 0.717) is 0 Å². The molecule has 6 nitrogen and oxygen atoms in total. The third kappa shape index (κ3) is 10.1. The standard InChI is InChI=1S/C14H24ClNO5/c1-13(2,3)20-11(18)7-9(10(17)8-15)16-12(19)21-14(4,5)6/h9H,7-8H2,1-6H3,(H,16,19)/t9-/m0/s1. The number of alkyl carbamates (subject to hydrolysis) is 1. The van der Waals surface area contributed by atoms with E-state index >= 15 is 0 Å². The van der Waals surface area contributed by atoms with Crippen molar-refractivity contribution in [1.29, 1.82) is 0 Å². The largest absolute Gasteiger partial charge is 0.460 e. The van der Waals surface area contributed by atoms with E-state index in [0.717, 1.165) is 0 Å². The van der Waals surface area contributed by atoms with Crippen molar-refractivity contribution in [3.63, 3.8) is 0 Å². The Morgan fingerprint density at radius 1 is 1.00 bits per heavy atom. The first-order chi connectivity index (χ1) is 9.34. The number of ketones is 1. The van der Waals surface area contributed by atoms with Gasteiger partial charge in [-0.05, 0) is 41.5 Å². The van der Waals surface area contributed by atoms with Crippen molar-refractivity contribution >= 4 is 29.4 Å². The molecule has 21 heavy (non-hydrogen) atoms. The van der Waals surface area contributed by atoms with Crippen LogP contribution in [0.15, 0.2) is 0 Å². The predicted molar refractivity (Wildman–Crippen MR) is 79.3 cm³/mol. The number of hydrogen-bond donors (Lipinski definition) is 1. The third-order valence-electron chi connectivity index (χ3n) is 2.00. The zero-order chi connectivity index (χ0) is 16.8. The number of nitrogens with one attached hydrogen (secondary N) is 1. The Morgan fingerprint density at radius 2 is 1.48 bits per heavy atom. The molecule has 0 fully saturated rings. The van der Waals surface area contributed by atoms with Gasteiger partial charge in [-0.3, -0.25) is 9.59 Å². The summed E-state index contributed by atoms with van der Waals surface area (Å²) in [5.74, 6) is -1.39. The number of carbonyl (C=O) groups excluding carboxylic acids is 3. The summed E-state index contributed by atoms with van der Waals surface area (Å²) < 4.78 is 10.2. The lowest BCUT2D eigenvalue weighted by molar-refractivity contribution is -0.156. The molecule has 0 aliphatic carbocycles. The smallest absolute Gasteiger partial charge is 0.408 e. The molecule has 7 heteroatoms. The van der Waals surface area contributed by atoms with Crippen LogP contribution < -0.4 is 5.32 Å². The number of rotatable bonds is 5. The zero-order valence-corrected chi connectivity index (χ0v) is 14.2. The van der Waals surface area contributed by atoms with Gasteiger partial charge >= 0.3 is 12.1 Å². The number of esters is 1. The zero-order valence-electron chi connectivity index (χ0n) is 13.4. The van der Waals surface area contributed by atoms with Crippen LogP contribution in [0.25, 0.3) is 0 Å². The maximum Gasteiger partial charge on any atom is 0.408 e. The summed E-state index contributed by atoms with van der Waals surface area (Å²) in [6.45, 7) is 10.2. The van der Waals surface area contributed by atoms with E-state index < -0.39 is 35.1 Å². The minimum absolute atomic E-state index is 0.290. The molecule has 1 amide bonds. The first kappa shape index (κ1) is 19.7. The Kier molecular flexibility index (Phi) is 7.16. The molecule has 0 bridgehead atoms.